The molecule has 2 aromatic rings. The van der Waals surface area contributed by atoms with E-state index in [1.54, 1.807) is 43.6 Å². The molecule has 1 amide bonds. The molecule has 3 heterocycles. The van der Waals surface area contributed by atoms with E-state index in [1.807, 2.05) is 12.1 Å². The Kier molecular flexibility index (Phi) is 11.9. The number of halogens is 1. The molecule has 1 unspecified atom stereocenters. The molecule has 42 heavy (non-hydrogen) atoms. The van der Waals surface area contributed by atoms with Crippen molar-refractivity contribution < 1.29 is 35.7 Å². The molecule has 0 spiro atoms. The summed E-state index contributed by atoms with van der Waals surface area (Å²) in [5, 5.41) is 1.60. The molecular formula is C27H35ClN4O8S2. The predicted molar refractivity (Wildman–Crippen MR) is 160 cm³/mol. The van der Waals surface area contributed by atoms with Crippen LogP contribution in [0.5, 0.6) is 0 Å². The van der Waals surface area contributed by atoms with Gasteiger partial charge in [-0.15, -0.1) is 0 Å². The number of benzene rings is 1. The van der Waals surface area contributed by atoms with Crippen LogP contribution in [-0.2, 0) is 34.5 Å². The number of amides is 1. The number of pyridine rings is 1. The van der Waals surface area contributed by atoms with Crippen molar-refractivity contribution in [2.75, 3.05) is 50.5 Å². The van der Waals surface area contributed by atoms with Gasteiger partial charge in [0.15, 0.2) is 0 Å². The first-order valence-corrected chi connectivity index (χ1v) is 17.0. The van der Waals surface area contributed by atoms with Crippen molar-refractivity contribution in [2.24, 2.45) is 5.92 Å². The summed E-state index contributed by atoms with van der Waals surface area (Å²) in [4.78, 5) is 33.9. The lowest BCUT2D eigenvalue weighted by atomic mass is 9.94. The van der Waals surface area contributed by atoms with Crippen molar-refractivity contribution in [3.05, 3.63) is 64.8 Å². The number of rotatable bonds is 8. The molecule has 15 heteroatoms. The first-order valence-electron chi connectivity index (χ1n) is 13.2. The first kappa shape index (κ1) is 33.5. The monoisotopic (exact) mass is 642 g/mol. The van der Waals surface area contributed by atoms with E-state index in [1.165, 1.54) is 11.0 Å². The van der Waals surface area contributed by atoms with Gasteiger partial charge in [-0.25, -0.2) is 13.2 Å². The first-order chi connectivity index (χ1) is 19.8. The normalized spacial score (nSPS) is 19.0. The van der Waals surface area contributed by atoms with E-state index >= 15 is 0 Å². The summed E-state index contributed by atoms with van der Waals surface area (Å²) in [6, 6.07) is 9.67. The number of ether oxygens (including phenoxy) is 1. The number of anilines is 1. The van der Waals surface area contributed by atoms with E-state index in [9.17, 15) is 26.4 Å². The fourth-order valence-corrected chi connectivity index (χ4v) is 5.93. The predicted octanol–water partition coefficient (Wildman–Crippen LogP) is 2.53. The van der Waals surface area contributed by atoms with E-state index in [0.29, 0.717) is 23.4 Å². The molecule has 1 aromatic carbocycles. The zero-order valence-corrected chi connectivity index (χ0v) is 25.8. The van der Waals surface area contributed by atoms with Gasteiger partial charge in [0.1, 0.15) is 6.04 Å². The zero-order valence-electron chi connectivity index (χ0n) is 23.4. The third-order valence-electron chi connectivity index (χ3n) is 6.70. The van der Waals surface area contributed by atoms with Crippen molar-refractivity contribution in [3.63, 3.8) is 0 Å². The van der Waals surface area contributed by atoms with Crippen LogP contribution in [-0.4, -0.2) is 99.1 Å². The Morgan fingerprint density at radius 2 is 1.69 bits per heavy atom. The third kappa shape index (κ3) is 10.3. The summed E-state index contributed by atoms with van der Waals surface area (Å²) in [6.45, 7) is 3.41. The van der Waals surface area contributed by atoms with Crippen LogP contribution in [0.1, 0.15) is 25.3 Å². The molecule has 0 aliphatic carbocycles. The van der Waals surface area contributed by atoms with Crippen molar-refractivity contribution in [1.82, 2.24) is 14.2 Å². The average molecular weight is 643 g/mol. The lowest BCUT2D eigenvalue weighted by molar-refractivity contribution is -0.158. The summed E-state index contributed by atoms with van der Waals surface area (Å²) >= 11 is 5.89. The Morgan fingerprint density at radius 1 is 1.10 bits per heavy atom. The van der Waals surface area contributed by atoms with Crippen LogP contribution in [0, 0.1) is 5.92 Å². The van der Waals surface area contributed by atoms with Gasteiger partial charge in [-0.3, -0.25) is 14.3 Å². The average Bonchev–Trinajstić information content (AvgIpc) is 2.94. The van der Waals surface area contributed by atoms with Crippen molar-refractivity contribution in [3.8, 4) is 0 Å². The van der Waals surface area contributed by atoms with Gasteiger partial charge in [-0.2, -0.15) is 12.7 Å². The SMILES string of the molecule is CCOC(=O)C1CN(S(=O)(=O)/C=C/c2ccc(Cl)cc2)CC(=O)N1CC1CCN(c2ccncc2)CC1.CS(=O)(=O)O. The second-order valence-corrected chi connectivity index (χ2v) is 13.6. The molecule has 4 rings (SSSR count). The van der Waals surface area contributed by atoms with Crippen LogP contribution in [0.4, 0.5) is 5.69 Å². The van der Waals surface area contributed by atoms with E-state index in [4.69, 9.17) is 20.9 Å². The van der Waals surface area contributed by atoms with E-state index in [-0.39, 0.29) is 25.6 Å². The number of piperidine rings is 1. The molecule has 1 N–H and O–H groups in total. The summed E-state index contributed by atoms with van der Waals surface area (Å²) in [5.74, 6) is -0.789. The number of carbonyl (C=O) groups is 2. The Balaban J connectivity index is 0.000000892. The van der Waals surface area contributed by atoms with Gasteiger partial charge in [0.25, 0.3) is 10.1 Å². The van der Waals surface area contributed by atoms with Gasteiger partial charge in [0, 0.05) is 54.7 Å². The van der Waals surface area contributed by atoms with Gasteiger partial charge in [-0.05, 0) is 61.6 Å². The Morgan fingerprint density at radius 3 is 2.26 bits per heavy atom. The maximum Gasteiger partial charge on any atom is 0.330 e. The number of aromatic nitrogens is 1. The van der Waals surface area contributed by atoms with Crippen LogP contribution in [0.25, 0.3) is 6.08 Å². The standard InChI is InChI=1S/C26H31ClN4O5S.CH4O3S/c1-2-36-26(33)24-18-30(37(34,35)16-11-20-3-5-22(27)6-4-20)19-25(32)31(24)17-21-9-14-29(15-10-21)23-7-12-28-13-8-23;1-5(2,3)4/h3-8,11-13,16,21,24H,2,9-10,14-15,17-19H2,1H3;1H3,(H,2,3,4)/b16-11+;. The summed E-state index contributed by atoms with van der Waals surface area (Å²) in [6.07, 6.45) is 7.40. The fourth-order valence-electron chi connectivity index (χ4n) is 4.67. The zero-order chi connectivity index (χ0) is 30.9. The molecule has 1 atom stereocenters. The summed E-state index contributed by atoms with van der Waals surface area (Å²) in [7, 11) is -7.61. The quantitative estimate of drug-likeness (QED) is 0.335. The lowest BCUT2D eigenvalue weighted by Crippen LogP contribution is -2.61. The second-order valence-electron chi connectivity index (χ2n) is 9.87. The maximum absolute atomic E-state index is 13.2. The van der Waals surface area contributed by atoms with Crippen LogP contribution < -0.4 is 4.90 Å². The minimum Gasteiger partial charge on any atom is -0.464 e. The summed E-state index contributed by atoms with van der Waals surface area (Å²) in [5.41, 5.74) is 1.76. The third-order valence-corrected chi connectivity index (χ3v) is 8.43. The topological polar surface area (TPSA) is 154 Å². The molecule has 2 aliphatic heterocycles. The highest BCUT2D eigenvalue weighted by molar-refractivity contribution is 7.92. The Bertz CT molecular complexity index is 1440. The number of carbonyl (C=O) groups excluding carboxylic acids is 2. The van der Waals surface area contributed by atoms with Gasteiger partial charge >= 0.3 is 5.97 Å². The van der Waals surface area contributed by atoms with E-state index in [2.05, 4.69) is 9.88 Å². The molecule has 0 saturated carbocycles. The van der Waals surface area contributed by atoms with Crippen molar-refractivity contribution >= 4 is 55.4 Å². The molecule has 2 saturated heterocycles. The minimum atomic E-state index is -3.95. The highest BCUT2D eigenvalue weighted by Crippen LogP contribution is 2.26. The Hall–Kier alpha value is -3.04. The molecule has 12 nitrogen and oxygen atoms in total. The van der Waals surface area contributed by atoms with Crippen molar-refractivity contribution in [2.45, 2.75) is 25.8 Å². The smallest absolute Gasteiger partial charge is 0.330 e. The molecule has 0 bridgehead atoms. The molecule has 230 valence electrons. The van der Waals surface area contributed by atoms with Gasteiger partial charge in [0.05, 0.1) is 19.4 Å². The van der Waals surface area contributed by atoms with Crippen LogP contribution in [0.15, 0.2) is 54.2 Å². The molecule has 2 aliphatic rings. The highest BCUT2D eigenvalue weighted by atomic mass is 35.5. The van der Waals surface area contributed by atoms with Crippen molar-refractivity contribution in [1.29, 1.82) is 0 Å². The second kappa shape index (κ2) is 14.9. The number of piperazine rings is 1. The number of hydrogen-bond donors (Lipinski definition) is 1. The molecule has 0 radical (unpaired) electrons. The molecule has 1 aromatic heterocycles. The molecule has 2 fully saturated rings. The Labute approximate surface area is 251 Å². The highest BCUT2D eigenvalue weighted by Gasteiger charge is 2.42. The maximum atomic E-state index is 13.2. The van der Waals surface area contributed by atoms with Crippen LogP contribution >= 0.6 is 11.6 Å². The number of esters is 1. The van der Waals surface area contributed by atoms with Gasteiger partial charge in [0.2, 0.25) is 15.9 Å². The van der Waals surface area contributed by atoms with Gasteiger partial charge in [-0.1, -0.05) is 23.7 Å². The van der Waals surface area contributed by atoms with Crippen LogP contribution in [0.2, 0.25) is 5.02 Å². The molecular weight excluding hydrogens is 608 g/mol. The lowest BCUT2D eigenvalue weighted by Gasteiger charge is -2.42. The van der Waals surface area contributed by atoms with Gasteiger partial charge < -0.3 is 14.5 Å². The number of nitrogens with zero attached hydrogens (tertiary/aromatic N) is 4. The van der Waals surface area contributed by atoms with E-state index in [0.717, 1.165) is 41.3 Å². The number of hydrogen-bond acceptors (Lipinski definition) is 9. The summed E-state index contributed by atoms with van der Waals surface area (Å²) < 4.78 is 58.2. The minimum absolute atomic E-state index is 0.144. The largest absolute Gasteiger partial charge is 0.464 e. The fraction of sp³-hybridized carbons (Fsp3) is 0.444. The van der Waals surface area contributed by atoms with E-state index < -0.39 is 38.1 Å². The van der Waals surface area contributed by atoms with Crippen LogP contribution in [0.3, 0.4) is 0 Å². The number of sulfonamides is 1.